The summed E-state index contributed by atoms with van der Waals surface area (Å²) >= 11 is 0. The van der Waals surface area contributed by atoms with Gasteiger partial charge in [-0.15, -0.1) is 5.10 Å². The molecule has 0 saturated heterocycles. The lowest BCUT2D eigenvalue weighted by atomic mass is 9.90. The first-order chi connectivity index (χ1) is 9.39. The van der Waals surface area contributed by atoms with Gasteiger partial charge < -0.3 is 0 Å². The predicted molar refractivity (Wildman–Crippen MR) is 72.4 cm³/mol. The highest BCUT2D eigenvalue weighted by atomic mass is 32.2. The molecular formula is C12H20F3N3O2S. The Balaban J connectivity index is 2.82. The minimum Gasteiger partial charge on any atom is -0.248 e. The van der Waals surface area contributed by atoms with Crippen LogP contribution >= 0.6 is 0 Å². The van der Waals surface area contributed by atoms with Crippen molar-refractivity contribution < 1.29 is 21.6 Å². The molecule has 0 bridgehead atoms. The maximum absolute atomic E-state index is 12.7. The number of alkyl halides is 3. The second kappa shape index (κ2) is 5.94. The summed E-state index contributed by atoms with van der Waals surface area (Å²) in [5, 5.41) is 7.58. The Labute approximate surface area is 122 Å². The van der Waals surface area contributed by atoms with Crippen LogP contribution < -0.4 is 0 Å². The van der Waals surface area contributed by atoms with E-state index in [0.717, 1.165) is 13.8 Å². The first-order valence-electron chi connectivity index (χ1n) is 6.56. The minimum absolute atomic E-state index is 0.340. The van der Waals surface area contributed by atoms with Crippen molar-refractivity contribution in [1.29, 1.82) is 0 Å². The monoisotopic (exact) mass is 327 g/mol. The third-order valence-corrected chi connectivity index (χ3v) is 5.03. The molecule has 1 rings (SSSR count). The van der Waals surface area contributed by atoms with Crippen LogP contribution in [0.3, 0.4) is 0 Å². The van der Waals surface area contributed by atoms with Gasteiger partial charge in [0.1, 0.15) is 0 Å². The highest BCUT2D eigenvalue weighted by Crippen LogP contribution is 2.40. The SMILES string of the molecule is CCn1nnc(C)c1CS(=O)(=O)CCC(C)(C)C(F)(F)F. The van der Waals surface area contributed by atoms with Crippen molar-refractivity contribution in [3.63, 3.8) is 0 Å². The maximum atomic E-state index is 12.7. The van der Waals surface area contributed by atoms with Crippen LogP contribution in [-0.4, -0.2) is 35.3 Å². The van der Waals surface area contributed by atoms with Crippen molar-refractivity contribution >= 4 is 9.84 Å². The van der Waals surface area contributed by atoms with E-state index in [9.17, 15) is 21.6 Å². The summed E-state index contributed by atoms with van der Waals surface area (Å²) in [4.78, 5) is 0. The molecule has 0 N–H and O–H groups in total. The second-order valence-corrected chi connectivity index (χ2v) is 7.85. The van der Waals surface area contributed by atoms with Gasteiger partial charge in [0, 0.05) is 6.54 Å². The summed E-state index contributed by atoms with van der Waals surface area (Å²) in [5.74, 6) is -0.860. The molecule has 0 amide bonds. The van der Waals surface area contributed by atoms with Gasteiger partial charge in [-0.1, -0.05) is 19.1 Å². The lowest BCUT2D eigenvalue weighted by molar-refractivity contribution is -0.211. The predicted octanol–water partition coefficient (Wildman–Crippen LogP) is 2.50. The molecule has 0 fully saturated rings. The standard InChI is InChI=1S/C12H20F3N3O2S/c1-5-18-10(9(2)16-17-18)8-21(19,20)7-6-11(3,4)12(13,14)15/h5-8H2,1-4H3. The maximum Gasteiger partial charge on any atom is 0.394 e. The van der Waals surface area contributed by atoms with Crippen molar-refractivity contribution in [1.82, 2.24) is 15.0 Å². The van der Waals surface area contributed by atoms with Gasteiger partial charge in [0.05, 0.1) is 28.3 Å². The zero-order chi connectivity index (χ0) is 16.5. The number of hydrogen-bond acceptors (Lipinski definition) is 4. The first-order valence-corrected chi connectivity index (χ1v) is 8.38. The van der Waals surface area contributed by atoms with Crippen LogP contribution in [0.2, 0.25) is 0 Å². The minimum atomic E-state index is -4.43. The fraction of sp³-hybridized carbons (Fsp3) is 0.833. The number of hydrogen-bond donors (Lipinski definition) is 0. The van der Waals surface area contributed by atoms with Crippen molar-refractivity contribution in [3.8, 4) is 0 Å². The number of aromatic nitrogens is 3. The summed E-state index contributed by atoms with van der Waals surface area (Å²) in [6.45, 7) is 5.89. The molecule has 0 spiro atoms. The average molecular weight is 327 g/mol. The second-order valence-electron chi connectivity index (χ2n) is 5.66. The average Bonchev–Trinajstić information content (AvgIpc) is 2.66. The fourth-order valence-electron chi connectivity index (χ4n) is 1.69. The number of rotatable bonds is 6. The Morgan fingerprint density at radius 1 is 1.24 bits per heavy atom. The molecule has 0 unspecified atom stereocenters. The van der Waals surface area contributed by atoms with Gasteiger partial charge >= 0.3 is 6.18 Å². The molecule has 0 aliphatic carbocycles. The Morgan fingerprint density at radius 3 is 2.29 bits per heavy atom. The van der Waals surface area contributed by atoms with Gasteiger partial charge in [-0.2, -0.15) is 13.2 Å². The number of sulfone groups is 1. The van der Waals surface area contributed by atoms with Gasteiger partial charge in [0.25, 0.3) is 0 Å². The van der Waals surface area contributed by atoms with Crippen molar-refractivity contribution in [3.05, 3.63) is 11.4 Å². The molecule has 0 aliphatic heterocycles. The van der Waals surface area contributed by atoms with Crippen molar-refractivity contribution in [2.75, 3.05) is 5.75 Å². The highest BCUT2D eigenvalue weighted by Gasteiger charge is 2.47. The summed E-state index contributed by atoms with van der Waals surface area (Å²) in [5.41, 5.74) is -1.11. The van der Waals surface area contributed by atoms with E-state index >= 15 is 0 Å². The van der Waals surface area contributed by atoms with E-state index < -0.39 is 33.6 Å². The van der Waals surface area contributed by atoms with Gasteiger partial charge in [0.2, 0.25) is 0 Å². The van der Waals surface area contributed by atoms with Gasteiger partial charge in [0.15, 0.2) is 9.84 Å². The number of nitrogens with zero attached hydrogens (tertiary/aromatic N) is 3. The van der Waals surface area contributed by atoms with Crippen molar-refractivity contribution in [2.24, 2.45) is 5.41 Å². The smallest absolute Gasteiger partial charge is 0.248 e. The summed E-state index contributed by atoms with van der Waals surface area (Å²) in [6.07, 6.45) is -4.89. The Morgan fingerprint density at radius 2 is 1.81 bits per heavy atom. The topological polar surface area (TPSA) is 64.8 Å². The summed E-state index contributed by atoms with van der Waals surface area (Å²) in [6, 6.07) is 0. The van der Waals surface area contributed by atoms with Crippen molar-refractivity contribution in [2.45, 2.75) is 52.6 Å². The molecule has 122 valence electrons. The highest BCUT2D eigenvalue weighted by molar-refractivity contribution is 7.90. The zero-order valence-electron chi connectivity index (χ0n) is 12.5. The third-order valence-electron chi connectivity index (χ3n) is 3.49. The lowest BCUT2D eigenvalue weighted by Gasteiger charge is -2.27. The fourth-order valence-corrected chi connectivity index (χ4v) is 3.43. The van der Waals surface area contributed by atoms with E-state index in [0.29, 0.717) is 17.9 Å². The number of halogens is 3. The van der Waals surface area contributed by atoms with Crippen LogP contribution in [0.25, 0.3) is 0 Å². The van der Waals surface area contributed by atoms with Crippen LogP contribution in [0.4, 0.5) is 13.2 Å². The largest absolute Gasteiger partial charge is 0.394 e. The molecule has 1 aromatic rings. The van der Waals surface area contributed by atoms with Crippen LogP contribution in [0.1, 0.15) is 38.6 Å². The van der Waals surface area contributed by atoms with E-state index in [1.165, 1.54) is 4.68 Å². The van der Waals surface area contributed by atoms with Crippen LogP contribution in [0.15, 0.2) is 0 Å². The normalized spacial score (nSPS) is 13.7. The molecule has 21 heavy (non-hydrogen) atoms. The third kappa shape index (κ3) is 4.42. The molecule has 0 aliphatic rings. The molecule has 0 saturated carbocycles. The van der Waals surface area contributed by atoms with E-state index in [1.807, 2.05) is 0 Å². The van der Waals surface area contributed by atoms with Crippen LogP contribution in [0, 0.1) is 12.3 Å². The van der Waals surface area contributed by atoms with Gasteiger partial charge in [-0.25, -0.2) is 13.1 Å². The molecule has 1 heterocycles. The van der Waals surface area contributed by atoms with Crippen LogP contribution in [-0.2, 0) is 22.1 Å². The van der Waals surface area contributed by atoms with Crippen LogP contribution in [0.5, 0.6) is 0 Å². The molecule has 1 aromatic heterocycles. The summed E-state index contributed by atoms with van der Waals surface area (Å²) < 4.78 is 63.8. The van der Waals surface area contributed by atoms with E-state index in [1.54, 1.807) is 13.8 Å². The molecule has 0 aromatic carbocycles. The molecule has 9 heteroatoms. The Bertz CT molecular complexity index is 591. The van der Waals surface area contributed by atoms with E-state index in [2.05, 4.69) is 10.3 Å². The quantitative estimate of drug-likeness (QED) is 0.805. The number of aryl methyl sites for hydroxylation is 2. The van der Waals surface area contributed by atoms with Gasteiger partial charge in [-0.3, -0.25) is 0 Å². The Hall–Kier alpha value is -1.12. The zero-order valence-corrected chi connectivity index (χ0v) is 13.3. The lowest BCUT2D eigenvalue weighted by Crippen LogP contribution is -2.34. The molecule has 5 nitrogen and oxygen atoms in total. The molecule has 0 radical (unpaired) electrons. The molecule has 0 atom stereocenters. The Kier molecular flexibility index (Phi) is 5.07. The summed E-state index contributed by atoms with van der Waals surface area (Å²) in [7, 11) is -3.65. The van der Waals surface area contributed by atoms with E-state index in [-0.39, 0.29) is 5.75 Å². The first kappa shape index (κ1) is 17.9. The molecular weight excluding hydrogens is 307 g/mol. The van der Waals surface area contributed by atoms with Gasteiger partial charge in [-0.05, 0) is 20.3 Å². The van der Waals surface area contributed by atoms with E-state index in [4.69, 9.17) is 0 Å².